The molecular weight excluding hydrogens is 199 g/mol. The number of amides is 3. The molecule has 1 heterocycles. The average molecular weight is 206 g/mol. The highest BCUT2D eigenvalue weighted by Crippen LogP contribution is 2.09. The van der Waals surface area contributed by atoms with Crippen molar-refractivity contribution < 1.29 is 14.0 Å². The quantitative estimate of drug-likeness (QED) is 0.532. The molecule has 1 fully saturated rings. The molecule has 1 saturated heterocycles. The summed E-state index contributed by atoms with van der Waals surface area (Å²) in [6.07, 6.45) is 1.41. The number of halogens is 1. The van der Waals surface area contributed by atoms with E-state index in [0.717, 1.165) is 0 Å². The molecule has 0 unspecified atom stereocenters. The van der Waals surface area contributed by atoms with E-state index >= 15 is 0 Å². The van der Waals surface area contributed by atoms with Gasteiger partial charge in [-0.15, -0.1) is 0 Å². The van der Waals surface area contributed by atoms with Crippen molar-refractivity contribution >= 4 is 18.0 Å². The molecule has 0 bridgehead atoms. The Balaban J connectivity index is 2.31. The first kappa shape index (κ1) is 9.39. The minimum Gasteiger partial charge on any atom is -0.303 e. The van der Waals surface area contributed by atoms with Gasteiger partial charge in [0.15, 0.2) is 0 Å². The Morgan fingerprint density at radius 1 is 1.20 bits per heavy atom. The summed E-state index contributed by atoms with van der Waals surface area (Å²) < 4.78 is 12.8. The second kappa shape index (κ2) is 3.53. The Bertz CT molecular complexity index is 468. The molecule has 0 atom stereocenters. The van der Waals surface area contributed by atoms with E-state index in [1.807, 2.05) is 0 Å². The minimum atomic E-state index is -0.567. The molecule has 4 nitrogen and oxygen atoms in total. The molecule has 2 rings (SSSR count). The summed E-state index contributed by atoms with van der Waals surface area (Å²) in [5.74, 6) is -0.904. The molecule has 0 aromatic heterocycles. The van der Waals surface area contributed by atoms with Gasteiger partial charge in [-0.25, -0.2) is 9.18 Å². The smallest absolute Gasteiger partial charge is 0.303 e. The largest absolute Gasteiger partial charge is 0.326 e. The predicted molar refractivity (Wildman–Crippen MR) is 51.1 cm³/mol. The van der Waals surface area contributed by atoms with E-state index in [1.165, 1.54) is 24.3 Å². The molecule has 1 aliphatic heterocycles. The lowest BCUT2D eigenvalue weighted by Gasteiger charge is -1.95. The molecule has 0 spiro atoms. The van der Waals surface area contributed by atoms with Crippen LogP contribution >= 0.6 is 0 Å². The first-order valence-electron chi connectivity index (χ1n) is 4.25. The maximum atomic E-state index is 12.8. The standard InChI is InChI=1S/C10H7FN2O2/c11-7-3-1-2-6(4-7)5-8-9(14)13-10(15)12-8/h1-5H,(H2,12,13,14,15). The molecule has 0 radical (unpaired) electrons. The fraction of sp³-hybridized carbons (Fsp3) is 0. The van der Waals surface area contributed by atoms with Crippen LogP contribution in [0.3, 0.4) is 0 Å². The van der Waals surface area contributed by atoms with E-state index in [1.54, 1.807) is 6.07 Å². The highest BCUT2D eigenvalue weighted by atomic mass is 19.1. The number of carbonyl (C=O) groups is 2. The highest BCUT2D eigenvalue weighted by molar-refractivity contribution is 6.13. The SMILES string of the molecule is O=C1NC(=O)C(=Cc2cccc(F)c2)N1. The fourth-order valence-corrected chi connectivity index (χ4v) is 1.25. The van der Waals surface area contributed by atoms with Gasteiger partial charge in [-0.2, -0.15) is 0 Å². The van der Waals surface area contributed by atoms with E-state index in [2.05, 4.69) is 10.6 Å². The second-order valence-electron chi connectivity index (χ2n) is 3.02. The van der Waals surface area contributed by atoms with E-state index in [4.69, 9.17) is 0 Å². The molecule has 3 amide bonds. The lowest BCUT2D eigenvalue weighted by atomic mass is 10.2. The zero-order valence-electron chi connectivity index (χ0n) is 7.58. The van der Waals surface area contributed by atoms with Crippen molar-refractivity contribution in [3.05, 3.63) is 41.3 Å². The van der Waals surface area contributed by atoms with E-state index in [-0.39, 0.29) is 5.70 Å². The van der Waals surface area contributed by atoms with Gasteiger partial charge < -0.3 is 5.32 Å². The monoisotopic (exact) mass is 206 g/mol. The second-order valence-corrected chi connectivity index (χ2v) is 3.02. The Morgan fingerprint density at radius 2 is 2.00 bits per heavy atom. The molecule has 76 valence electrons. The number of urea groups is 1. The number of carbonyl (C=O) groups excluding carboxylic acids is 2. The van der Waals surface area contributed by atoms with Crippen LogP contribution in [0.25, 0.3) is 6.08 Å². The zero-order valence-corrected chi connectivity index (χ0v) is 7.58. The Labute approximate surface area is 84.8 Å². The Kier molecular flexibility index (Phi) is 2.21. The van der Waals surface area contributed by atoms with Crippen LogP contribution in [0.2, 0.25) is 0 Å². The number of hydrogen-bond donors (Lipinski definition) is 2. The Hall–Kier alpha value is -2.17. The lowest BCUT2D eigenvalue weighted by molar-refractivity contribution is -0.115. The van der Waals surface area contributed by atoms with Crippen LogP contribution in [0, 0.1) is 5.82 Å². The maximum Gasteiger partial charge on any atom is 0.326 e. The van der Waals surface area contributed by atoms with Gasteiger partial charge in [-0.1, -0.05) is 12.1 Å². The number of benzene rings is 1. The van der Waals surface area contributed by atoms with Gasteiger partial charge in [-0.3, -0.25) is 10.1 Å². The molecule has 1 aromatic rings. The van der Waals surface area contributed by atoms with Crippen LogP contribution in [0.15, 0.2) is 30.0 Å². The summed E-state index contributed by atoms with van der Waals surface area (Å²) in [6, 6.07) is 5.16. The van der Waals surface area contributed by atoms with Gasteiger partial charge in [0.05, 0.1) is 0 Å². The van der Waals surface area contributed by atoms with Crippen LogP contribution in [-0.2, 0) is 4.79 Å². The summed E-state index contributed by atoms with van der Waals surface area (Å²) in [5.41, 5.74) is 0.632. The number of rotatable bonds is 1. The topological polar surface area (TPSA) is 58.2 Å². The van der Waals surface area contributed by atoms with Gasteiger partial charge in [-0.05, 0) is 23.8 Å². The van der Waals surface area contributed by atoms with Crippen molar-refractivity contribution in [2.75, 3.05) is 0 Å². The van der Waals surface area contributed by atoms with Gasteiger partial charge in [0.25, 0.3) is 5.91 Å². The van der Waals surface area contributed by atoms with Crippen LogP contribution in [-0.4, -0.2) is 11.9 Å². The predicted octanol–water partition coefficient (Wildman–Crippen LogP) is 1.01. The normalized spacial score (nSPS) is 17.8. The van der Waals surface area contributed by atoms with Crippen molar-refractivity contribution in [3.63, 3.8) is 0 Å². The lowest BCUT2D eigenvalue weighted by Crippen LogP contribution is -2.22. The Morgan fingerprint density at radius 3 is 2.60 bits per heavy atom. The molecule has 15 heavy (non-hydrogen) atoms. The summed E-state index contributed by atoms with van der Waals surface area (Å²) in [6.45, 7) is 0. The van der Waals surface area contributed by atoms with Crippen LogP contribution < -0.4 is 10.6 Å². The van der Waals surface area contributed by atoms with E-state index in [9.17, 15) is 14.0 Å². The van der Waals surface area contributed by atoms with E-state index in [0.29, 0.717) is 5.56 Å². The molecule has 1 aromatic carbocycles. The summed E-state index contributed by atoms with van der Waals surface area (Å²) in [4.78, 5) is 21.9. The zero-order chi connectivity index (χ0) is 10.8. The third-order valence-corrected chi connectivity index (χ3v) is 1.88. The van der Waals surface area contributed by atoms with Crippen molar-refractivity contribution in [1.29, 1.82) is 0 Å². The molecule has 0 saturated carbocycles. The van der Waals surface area contributed by atoms with Gasteiger partial charge in [0, 0.05) is 0 Å². The molecule has 1 aliphatic rings. The average Bonchev–Trinajstić information content (AvgIpc) is 2.45. The number of nitrogens with one attached hydrogen (secondary N) is 2. The summed E-state index contributed by atoms with van der Waals surface area (Å²) in [5, 5.41) is 4.36. The minimum absolute atomic E-state index is 0.116. The van der Waals surface area contributed by atoms with Crippen LogP contribution in [0.1, 0.15) is 5.56 Å². The van der Waals surface area contributed by atoms with Crippen molar-refractivity contribution in [2.45, 2.75) is 0 Å². The summed E-state index contributed by atoms with van der Waals surface area (Å²) in [7, 11) is 0. The number of hydrogen-bond acceptors (Lipinski definition) is 2. The fourth-order valence-electron chi connectivity index (χ4n) is 1.25. The molecule has 2 N–H and O–H groups in total. The van der Waals surface area contributed by atoms with Crippen molar-refractivity contribution in [1.82, 2.24) is 10.6 Å². The molecule has 0 aliphatic carbocycles. The van der Waals surface area contributed by atoms with Crippen LogP contribution in [0.4, 0.5) is 9.18 Å². The third-order valence-electron chi connectivity index (χ3n) is 1.88. The first-order valence-corrected chi connectivity index (χ1v) is 4.25. The van der Waals surface area contributed by atoms with Crippen molar-refractivity contribution in [2.24, 2.45) is 0 Å². The van der Waals surface area contributed by atoms with Crippen LogP contribution in [0.5, 0.6) is 0 Å². The van der Waals surface area contributed by atoms with Gasteiger partial charge in [0.1, 0.15) is 11.5 Å². The number of imide groups is 1. The first-order chi connectivity index (χ1) is 7.15. The maximum absolute atomic E-state index is 12.8. The third kappa shape index (κ3) is 2.01. The van der Waals surface area contributed by atoms with Crippen molar-refractivity contribution in [3.8, 4) is 0 Å². The van der Waals surface area contributed by atoms with Gasteiger partial charge >= 0.3 is 6.03 Å². The molecular formula is C10H7FN2O2. The highest BCUT2D eigenvalue weighted by Gasteiger charge is 2.22. The van der Waals surface area contributed by atoms with Gasteiger partial charge in [0.2, 0.25) is 0 Å². The summed E-state index contributed by atoms with van der Waals surface area (Å²) >= 11 is 0. The van der Waals surface area contributed by atoms with E-state index < -0.39 is 17.8 Å². The molecule has 5 heteroatoms.